The first-order valence-corrected chi connectivity index (χ1v) is 10.1. The molecule has 8 nitrogen and oxygen atoms in total. The van der Waals surface area contributed by atoms with Crippen LogP contribution >= 0.6 is 27.7 Å². The first-order chi connectivity index (χ1) is 13.5. The Hall–Kier alpha value is -2.72. The van der Waals surface area contributed by atoms with Gasteiger partial charge in [-0.3, -0.25) is 14.9 Å². The first kappa shape index (κ1) is 18.6. The van der Waals surface area contributed by atoms with Crippen molar-refractivity contribution in [2.24, 2.45) is 0 Å². The van der Waals surface area contributed by atoms with Crippen LogP contribution in [0.25, 0.3) is 11.5 Å². The second-order valence-corrected chi connectivity index (χ2v) is 7.88. The maximum Gasteiger partial charge on any atom is 0.277 e. The molecule has 1 aliphatic rings. The highest BCUT2D eigenvalue weighted by Crippen LogP contribution is 2.32. The van der Waals surface area contributed by atoms with Crippen LogP contribution in [0.3, 0.4) is 0 Å². The number of hydrogen-bond acceptors (Lipinski definition) is 7. The summed E-state index contributed by atoms with van der Waals surface area (Å²) in [5.74, 6) is 0.409. The van der Waals surface area contributed by atoms with Crippen LogP contribution in [-0.4, -0.2) is 33.3 Å². The molecule has 10 heteroatoms. The van der Waals surface area contributed by atoms with E-state index in [4.69, 9.17) is 4.42 Å². The number of amides is 1. The molecule has 0 unspecified atom stereocenters. The van der Waals surface area contributed by atoms with Gasteiger partial charge in [0, 0.05) is 34.4 Å². The summed E-state index contributed by atoms with van der Waals surface area (Å²) in [4.78, 5) is 24.7. The van der Waals surface area contributed by atoms with E-state index in [2.05, 4.69) is 26.1 Å². The molecule has 28 heavy (non-hydrogen) atoms. The van der Waals surface area contributed by atoms with Gasteiger partial charge in [0.25, 0.3) is 10.9 Å². The lowest BCUT2D eigenvalue weighted by atomic mass is 10.1. The van der Waals surface area contributed by atoms with Crippen molar-refractivity contribution in [2.45, 2.75) is 11.6 Å². The number of fused-ring (bicyclic) bond motifs is 1. The monoisotopic (exact) mass is 460 g/mol. The fourth-order valence-corrected chi connectivity index (χ4v) is 4.01. The molecule has 0 atom stereocenters. The van der Waals surface area contributed by atoms with E-state index in [1.165, 1.54) is 23.9 Å². The molecular formula is C18H13BrN4O4S. The Balaban J connectivity index is 1.42. The lowest BCUT2D eigenvalue weighted by molar-refractivity contribution is -0.384. The van der Waals surface area contributed by atoms with Crippen molar-refractivity contribution >= 4 is 45.0 Å². The summed E-state index contributed by atoms with van der Waals surface area (Å²) in [5, 5.41) is 19.2. The number of halogens is 1. The van der Waals surface area contributed by atoms with E-state index in [1.807, 2.05) is 24.3 Å². The van der Waals surface area contributed by atoms with Gasteiger partial charge in [-0.1, -0.05) is 33.8 Å². The zero-order valence-electron chi connectivity index (χ0n) is 14.4. The lowest BCUT2D eigenvalue weighted by Gasteiger charge is -2.16. The molecule has 1 aromatic heterocycles. The summed E-state index contributed by atoms with van der Waals surface area (Å²) in [6.45, 7) is 0.503. The van der Waals surface area contributed by atoms with Gasteiger partial charge in [0.05, 0.1) is 10.7 Å². The summed E-state index contributed by atoms with van der Waals surface area (Å²) in [5.41, 5.74) is 2.35. The highest BCUT2D eigenvalue weighted by molar-refractivity contribution is 9.10. The van der Waals surface area contributed by atoms with Crippen molar-refractivity contribution in [3.8, 4) is 11.5 Å². The smallest absolute Gasteiger partial charge is 0.277 e. The van der Waals surface area contributed by atoms with Crippen LogP contribution in [0.4, 0.5) is 11.4 Å². The quantitative estimate of drug-likeness (QED) is 0.320. The van der Waals surface area contributed by atoms with Gasteiger partial charge in [-0.15, -0.1) is 10.2 Å². The van der Waals surface area contributed by atoms with E-state index < -0.39 is 4.92 Å². The van der Waals surface area contributed by atoms with Crippen LogP contribution in [0, 0.1) is 10.1 Å². The van der Waals surface area contributed by atoms with Gasteiger partial charge in [-0.2, -0.15) is 0 Å². The Morgan fingerprint density at radius 2 is 2.14 bits per heavy atom. The second kappa shape index (κ2) is 7.72. The molecule has 0 saturated carbocycles. The molecule has 0 aliphatic carbocycles. The molecule has 2 heterocycles. The summed E-state index contributed by atoms with van der Waals surface area (Å²) >= 11 is 4.56. The number of nitro benzene ring substituents is 1. The molecule has 2 aromatic carbocycles. The molecule has 0 N–H and O–H groups in total. The predicted molar refractivity (Wildman–Crippen MR) is 107 cm³/mol. The Morgan fingerprint density at radius 3 is 2.93 bits per heavy atom. The minimum atomic E-state index is -0.431. The fraction of sp³-hybridized carbons (Fsp3) is 0.167. The fourth-order valence-electron chi connectivity index (χ4n) is 2.97. The summed E-state index contributed by atoms with van der Waals surface area (Å²) in [6.07, 6.45) is 0.598. The molecule has 0 bridgehead atoms. The Bertz CT molecular complexity index is 1070. The number of aromatic nitrogens is 2. The van der Waals surface area contributed by atoms with E-state index in [9.17, 15) is 14.9 Å². The predicted octanol–water partition coefficient (Wildman–Crippen LogP) is 4.09. The Morgan fingerprint density at radius 1 is 1.29 bits per heavy atom. The molecule has 3 aromatic rings. The molecule has 0 spiro atoms. The van der Waals surface area contributed by atoms with Crippen molar-refractivity contribution < 1.29 is 14.1 Å². The van der Waals surface area contributed by atoms with E-state index in [-0.39, 0.29) is 17.3 Å². The third-order valence-corrected chi connectivity index (χ3v) is 5.56. The zero-order chi connectivity index (χ0) is 19.7. The normalized spacial score (nSPS) is 12.8. The van der Waals surface area contributed by atoms with Crippen LogP contribution in [0.2, 0.25) is 0 Å². The number of nitrogens with zero attached hydrogens (tertiary/aromatic N) is 4. The molecule has 1 aliphatic heterocycles. The lowest BCUT2D eigenvalue weighted by Crippen LogP contribution is -2.30. The van der Waals surface area contributed by atoms with Crippen molar-refractivity contribution in [3.63, 3.8) is 0 Å². The minimum absolute atomic E-state index is 0.0355. The van der Waals surface area contributed by atoms with Crippen LogP contribution < -0.4 is 4.90 Å². The maximum absolute atomic E-state index is 12.6. The number of thioether (sulfide) groups is 1. The Kier molecular flexibility index (Phi) is 5.14. The molecule has 0 radical (unpaired) electrons. The largest absolute Gasteiger partial charge is 0.411 e. The van der Waals surface area contributed by atoms with Gasteiger partial charge in [0.15, 0.2) is 0 Å². The third kappa shape index (κ3) is 3.78. The van der Waals surface area contributed by atoms with Gasteiger partial charge < -0.3 is 9.32 Å². The Labute approximate surface area is 172 Å². The SMILES string of the molecule is O=C(CSc1nnc(-c2cccc(Br)c2)o1)N1CCc2cc([N+](=O)[O-])ccc21. The van der Waals surface area contributed by atoms with E-state index in [0.29, 0.717) is 24.1 Å². The topological polar surface area (TPSA) is 102 Å². The number of rotatable bonds is 5. The molecule has 1 amide bonds. The van der Waals surface area contributed by atoms with E-state index in [1.54, 1.807) is 11.0 Å². The standard InChI is InChI=1S/C18H13BrN4O4S/c19-13-3-1-2-12(8-13)17-20-21-18(27-17)28-10-16(24)22-7-6-11-9-14(23(25)26)4-5-15(11)22/h1-5,8-9H,6-7,10H2. The number of carbonyl (C=O) groups is 1. The van der Waals surface area contributed by atoms with Crippen molar-refractivity contribution in [2.75, 3.05) is 17.2 Å². The molecule has 0 fully saturated rings. The maximum atomic E-state index is 12.6. The third-order valence-electron chi connectivity index (χ3n) is 4.27. The van der Waals surface area contributed by atoms with Crippen LogP contribution in [-0.2, 0) is 11.2 Å². The highest BCUT2D eigenvalue weighted by Gasteiger charge is 2.26. The first-order valence-electron chi connectivity index (χ1n) is 8.31. The van der Waals surface area contributed by atoms with Crippen molar-refractivity contribution in [1.82, 2.24) is 10.2 Å². The van der Waals surface area contributed by atoms with Crippen molar-refractivity contribution in [1.29, 1.82) is 0 Å². The van der Waals surface area contributed by atoms with Gasteiger partial charge in [-0.25, -0.2) is 0 Å². The number of hydrogen-bond donors (Lipinski definition) is 0. The number of anilines is 1. The average molecular weight is 461 g/mol. The van der Waals surface area contributed by atoms with Gasteiger partial charge in [0.2, 0.25) is 11.8 Å². The summed E-state index contributed by atoms with van der Waals surface area (Å²) in [6, 6.07) is 12.1. The highest BCUT2D eigenvalue weighted by atomic mass is 79.9. The number of nitro groups is 1. The number of carbonyl (C=O) groups excluding carboxylic acids is 1. The molecule has 142 valence electrons. The van der Waals surface area contributed by atoms with Crippen LogP contribution in [0.1, 0.15) is 5.56 Å². The number of benzene rings is 2. The average Bonchev–Trinajstić information content (AvgIpc) is 3.32. The van der Waals surface area contributed by atoms with Gasteiger partial charge in [0.1, 0.15) is 0 Å². The van der Waals surface area contributed by atoms with Crippen LogP contribution in [0.15, 0.2) is 56.6 Å². The summed E-state index contributed by atoms with van der Waals surface area (Å²) in [7, 11) is 0. The second-order valence-electron chi connectivity index (χ2n) is 6.04. The van der Waals surface area contributed by atoms with Crippen LogP contribution in [0.5, 0.6) is 0 Å². The van der Waals surface area contributed by atoms with E-state index >= 15 is 0 Å². The van der Waals surface area contributed by atoms with E-state index in [0.717, 1.165) is 21.3 Å². The minimum Gasteiger partial charge on any atom is -0.411 e. The molecule has 4 rings (SSSR count). The number of non-ortho nitro benzene ring substituents is 1. The molecule has 0 saturated heterocycles. The van der Waals surface area contributed by atoms with Gasteiger partial charge >= 0.3 is 0 Å². The zero-order valence-corrected chi connectivity index (χ0v) is 16.8. The van der Waals surface area contributed by atoms with Gasteiger partial charge in [-0.05, 0) is 36.2 Å². The molecular weight excluding hydrogens is 448 g/mol. The van der Waals surface area contributed by atoms with Crippen molar-refractivity contribution in [3.05, 3.63) is 62.6 Å². The summed E-state index contributed by atoms with van der Waals surface area (Å²) < 4.78 is 6.53.